The zero-order valence-electron chi connectivity index (χ0n) is 14.6. The van der Waals surface area contributed by atoms with Crippen LogP contribution in [0.15, 0.2) is 0 Å². The standard InChI is InChI=1S/C19H37NO/c1-4-6-17-11-13-19(14-12-17,15-20-5-2)21-18-9-7-16(3)8-10-18/h16-18,20H,4-15H2,1-3H3. The summed E-state index contributed by atoms with van der Waals surface area (Å²) >= 11 is 0. The van der Waals surface area contributed by atoms with Gasteiger partial charge in [0.05, 0.1) is 11.7 Å². The molecule has 0 heterocycles. The number of hydrogen-bond donors (Lipinski definition) is 1. The Morgan fingerprint density at radius 2 is 1.67 bits per heavy atom. The summed E-state index contributed by atoms with van der Waals surface area (Å²) in [5.41, 5.74) is 0.144. The molecule has 2 aliphatic carbocycles. The molecule has 0 aromatic carbocycles. The van der Waals surface area contributed by atoms with Crippen LogP contribution in [0, 0.1) is 11.8 Å². The molecule has 0 bridgehead atoms. The van der Waals surface area contributed by atoms with Crippen LogP contribution in [-0.2, 0) is 4.74 Å². The third kappa shape index (κ3) is 5.25. The Labute approximate surface area is 132 Å². The van der Waals surface area contributed by atoms with Crippen LogP contribution in [0.25, 0.3) is 0 Å². The molecule has 0 radical (unpaired) electrons. The third-order valence-electron chi connectivity index (χ3n) is 5.79. The highest BCUT2D eigenvalue weighted by Gasteiger charge is 2.38. The van der Waals surface area contributed by atoms with Gasteiger partial charge in [-0.2, -0.15) is 0 Å². The van der Waals surface area contributed by atoms with Crippen molar-refractivity contribution in [2.75, 3.05) is 13.1 Å². The Hall–Kier alpha value is -0.0800. The van der Waals surface area contributed by atoms with Crippen LogP contribution in [0.1, 0.15) is 85.0 Å². The summed E-state index contributed by atoms with van der Waals surface area (Å²) in [4.78, 5) is 0. The van der Waals surface area contributed by atoms with Crippen molar-refractivity contribution in [3.8, 4) is 0 Å². The summed E-state index contributed by atoms with van der Waals surface area (Å²) < 4.78 is 6.73. The molecular formula is C19H37NO. The molecule has 0 atom stereocenters. The SMILES string of the molecule is CCCC1CCC(CNCC)(OC2CCC(C)CC2)CC1. The molecule has 0 aromatic heterocycles. The Morgan fingerprint density at radius 3 is 2.24 bits per heavy atom. The zero-order valence-corrected chi connectivity index (χ0v) is 14.6. The molecule has 0 aromatic rings. The quantitative estimate of drug-likeness (QED) is 0.720. The monoisotopic (exact) mass is 295 g/mol. The minimum Gasteiger partial charge on any atom is -0.370 e. The van der Waals surface area contributed by atoms with Gasteiger partial charge in [-0.3, -0.25) is 0 Å². The molecule has 0 amide bonds. The summed E-state index contributed by atoms with van der Waals surface area (Å²) in [5, 5.41) is 3.58. The minimum absolute atomic E-state index is 0.144. The van der Waals surface area contributed by atoms with Gasteiger partial charge in [0.15, 0.2) is 0 Å². The van der Waals surface area contributed by atoms with Gasteiger partial charge in [-0.1, -0.05) is 33.6 Å². The van der Waals surface area contributed by atoms with Gasteiger partial charge in [0.2, 0.25) is 0 Å². The third-order valence-corrected chi connectivity index (χ3v) is 5.79. The number of ether oxygens (including phenoxy) is 1. The van der Waals surface area contributed by atoms with Crippen LogP contribution in [0.3, 0.4) is 0 Å². The maximum Gasteiger partial charge on any atom is 0.0810 e. The van der Waals surface area contributed by atoms with Gasteiger partial charge >= 0.3 is 0 Å². The van der Waals surface area contributed by atoms with Crippen molar-refractivity contribution in [3.05, 3.63) is 0 Å². The van der Waals surface area contributed by atoms with Crippen molar-refractivity contribution < 1.29 is 4.74 Å². The van der Waals surface area contributed by atoms with E-state index in [0.717, 1.165) is 24.9 Å². The number of likely N-dealkylation sites (N-methyl/N-ethyl adjacent to an activating group) is 1. The van der Waals surface area contributed by atoms with Gasteiger partial charge in [-0.05, 0) is 69.7 Å². The maximum absolute atomic E-state index is 6.73. The van der Waals surface area contributed by atoms with Crippen molar-refractivity contribution in [2.24, 2.45) is 11.8 Å². The first-order valence-electron chi connectivity index (χ1n) is 9.56. The zero-order chi connectivity index (χ0) is 15.1. The second kappa shape index (κ2) is 8.53. The van der Waals surface area contributed by atoms with E-state index in [1.807, 2.05) is 0 Å². The fraction of sp³-hybridized carbons (Fsp3) is 1.00. The van der Waals surface area contributed by atoms with Crippen LogP contribution < -0.4 is 5.32 Å². The molecule has 0 saturated heterocycles. The Morgan fingerprint density at radius 1 is 1.00 bits per heavy atom. The van der Waals surface area contributed by atoms with E-state index in [-0.39, 0.29) is 5.60 Å². The highest BCUT2D eigenvalue weighted by Crippen LogP contribution is 2.39. The van der Waals surface area contributed by atoms with Crippen molar-refractivity contribution in [1.82, 2.24) is 5.32 Å². The normalized spacial score (nSPS) is 37.6. The molecule has 21 heavy (non-hydrogen) atoms. The Balaban J connectivity index is 1.88. The van der Waals surface area contributed by atoms with E-state index in [4.69, 9.17) is 4.74 Å². The van der Waals surface area contributed by atoms with Crippen LogP contribution in [-0.4, -0.2) is 24.8 Å². The van der Waals surface area contributed by atoms with E-state index in [0.29, 0.717) is 6.10 Å². The van der Waals surface area contributed by atoms with Gasteiger partial charge in [-0.25, -0.2) is 0 Å². The number of nitrogens with one attached hydrogen (secondary N) is 1. The van der Waals surface area contributed by atoms with Crippen molar-refractivity contribution in [2.45, 2.75) is 96.7 Å². The largest absolute Gasteiger partial charge is 0.370 e. The Bertz CT molecular complexity index is 275. The van der Waals surface area contributed by atoms with E-state index in [1.165, 1.54) is 64.2 Å². The number of rotatable bonds is 7. The lowest BCUT2D eigenvalue weighted by molar-refractivity contribution is -0.130. The van der Waals surface area contributed by atoms with E-state index in [2.05, 4.69) is 26.1 Å². The Kier molecular flexibility index (Phi) is 7.01. The lowest BCUT2D eigenvalue weighted by Crippen LogP contribution is -2.48. The topological polar surface area (TPSA) is 21.3 Å². The molecule has 0 aliphatic heterocycles. The van der Waals surface area contributed by atoms with E-state index in [9.17, 15) is 0 Å². The van der Waals surface area contributed by atoms with Crippen molar-refractivity contribution in [3.63, 3.8) is 0 Å². The van der Waals surface area contributed by atoms with Crippen molar-refractivity contribution in [1.29, 1.82) is 0 Å². The molecule has 2 aliphatic rings. The first-order valence-corrected chi connectivity index (χ1v) is 9.56. The first kappa shape index (κ1) is 17.3. The van der Waals surface area contributed by atoms with Crippen molar-refractivity contribution >= 4 is 0 Å². The second-order valence-electron chi connectivity index (χ2n) is 7.70. The highest BCUT2D eigenvalue weighted by molar-refractivity contribution is 4.91. The van der Waals surface area contributed by atoms with Crippen LogP contribution in [0.4, 0.5) is 0 Å². The lowest BCUT2D eigenvalue weighted by Gasteiger charge is -2.44. The van der Waals surface area contributed by atoms with Crippen LogP contribution in [0.2, 0.25) is 0 Å². The smallest absolute Gasteiger partial charge is 0.0810 e. The predicted molar refractivity (Wildman–Crippen MR) is 90.6 cm³/mol. The molecule has 124 valence electrons. The summed E-state index contributed by atoms with van der Waals surface area (Å²) in [6.45, 7) is 9.04. The molecule has 0 unspecified atom stereocenters. The molecular weight excluding hydrogens is 258 g/mol. The van der Waals surface area contributed by atoms with Gasteiger partial charge < -0.3 is 10.1 Å². The minimum atomic E-state index is 0.144. The van der Waals surface area contributed by atoms with Crippen LogP contribution >= 0.6 is 0 Å². The second-order valence-corrected chi connectivity index (χ2v) is 7.70. The summed E-state index contributed by atoms with van der Waals surface area (Å²) in [5.74, 6) is 1.87. The van der Waals surface area contributed by atoms with Gasteiger partial charge in [-0.15, -0.1) is 0 Å². The fourth-order valence-electron chi connectivity index (χ4n) is 4.29. The first-order chi connectivity index (χ1) is 10.2. The van der Waals surface area contributed by atoms with Crippen LogP contribution in [0.5, 0.6) is 0 Å². The maximum atomic E-state index is 6.73. The molecule has 0 spiro atoms. The average Bonchev–Trinajstić information content (AvgIpc) is 2.50. The predicted octanol–water partition coefficient (Wildman–Crippen LogP) is 4.92. The van der Waals surface area contributed by atoms with Gasteiger partial charge in [0.1, 0.15) is 0 Å². The summed E-state index contributed by atoms with van der Waals surface area (Å²) in [7, 11) is 0. The number of hydrogen-bond acceptors (Lipinski definition) is 2. The highest BCUT2D eigenvalue weighted by atomic mass is 16.5. The lowest BCUT2D eigenvalue weighted by atomic mass is 9.76. The fourth-order valence-corrected chi connectivity index (χ4v) is 4.29. The molecule has 2 rings (SSSR count). The van der Waals surface area contributed by atoms with Gasteiger partial charge in [0.25, 0.3) is 0 Å². The molecule has 1 N–H and O–H groups in total. The van der Waals surface area contributed by atoms with Gasteiger partial charge in [0, 0.05) is 6.54 Å². The summed E-state index contributed by atoms with van der Waals surface area (Å²) in [6.07, 6.45) is 13.9. The van der Waals surface area contributed by atoms with E-state index >= 15 is 0 Å². The average molecular weight is 296 g/mol. The molecule has 2 heteroatoms. The molecule has 2 nitrogen and oxygen atoms in total. The van der Waals surface area contributed by atoms with E-state index in [1.54, 1.807) is 0 Å². The molecule has 2 saturated carbocycles. The molecule has 2 fully saturated rings. The summed E-state index contributed by atoms with van der Waals surface area (Å²) in [6, 6.07) is 0. The van der Waals surface area contributed by atoms with E-state index < -0.39 is 0 Å².